The van der Waals surface area contributed by atoms with E-state index in [0.717, 1.165) is 18.7 Å². The summed E-state index contributed by atoms with van der Waals surface area (Å²) in [4.78, 5) is 13.8. The summed E-state index contributed by atoms with van der Waals surface area (Å²) in [5.41, 5.74) is 5.17. The zero-order valence-corrected chi connectivity index (χ0v) is 12.0. The van der Waals surface area contributed by atoms with Crippen LogP contribution in [0.4, 0.5) is 5.69 Å². The molecule has 2 heterocycles. The number of furan rings is 1. The zero-order chi connectivity index (χ0) is 14.8. The summed E-state index contributed by atoms with van der Waals surface area (Å²) in [6.45, 7) is 3.88. The third-order valence-corrected chi connectivity index (χ3v) is 3.83. The molecule has 0 saturated heterocycles. The van der Waals surface area contributed by atoms with Crippen LogP contribution in [0.15, 0.2) is 41.0 Å². The highest BCUT2D eigenvalue weighted by Gasteiger charge is 2.22. The zero-order valence-electron chi connectivity index (χ0n) is 12.0. The van der Waals surface area contributed by atoms with Gasteiger partial charge in [0, 0.05) is 12.2 Å². The van der Waals surface area contributed by atoms with Gasteiger partial charge in [0.1, 0.15) is 12.0 Å². The number of nitrogens with zero attached hydrogens (tertiary/aromatic N) is 1. The molecule has 1 atom stereocenters. The average molecular weight is 285 g/mol. The van der Waals surface area contributed by atoms with Crippen LogP contribution in [-0.2, 0) is 13.0 Å². The number of anilines is 1. The van der Waals surface area contributed by atoms with E-state index in [1.54, 1.807) is 6.07 Å². The Morgan fingerprint density at radius 1 is 1.48 bits per heavy atom. The molecule has 5 heteroatoms. The molecule has 0 fully saturated rings. The fourth-order valence-corrected chi connectivity index (χ4v) is 2.91. The van der Waals surface area contributed by atoms with Crippen molar-refractivity contribution in [3.63, 3.8) is 0 Å². The molecule has 110 valence electrons. The van der Waals surface area contributed by atoms with E-state index < -0.39 is 0 Å². The van der Waals surface area contributed by atoms with Gasteiger partial charge in [-0.05, 0) is 30.0 Å². The minimum Gasteiger partial charge on any atom is -0.467 e. The molecule has 21 heavy (non-hydrogen) atoms. The Bertz CT molecular complexity index is 650. The van der Waals surface area contributed by atoms with Gasteiger partial charge in [-0.2, -0.15) is 0 Å². The van der Waals surface area contributed by atoms with Gasteiger partial charge in [-0.1, -0.05) is 25.1 Å². The molecule has 1 aromatic heterocycles. The van der Waals surface area contributed by atoms with Crippen molar-refractivity contribution in [2.24, 2.45) is 11.8 Å². The summed E-state index contributed by atoms with van der Waals surface area (Å²) in [7, 11) is 0. The predicted octanol–water partition coefficient (Wildman–Crippen LogP) is 2.08. The molecule has 0 saturated carbocycles. The molecule has 0 aliphatic carbocycles. The molecule has 5 nitrogen and oxygen atoms in total. The summed E-state index contributed by atoms with van der Waals surface area (Å²) in [5, 5.41) is 0. The van der Waals surface area contributed by atoms with Gasteiger partial charge in [-0.15, -0.1) is 0 Å². The highest BCUT2D eigenvalue weighted by Crippen LogP contribution is 2.30. The molecule has 1 aromatic carbocycles. The standard InChI is InChI=1S/C16H19N3O2/c1-11-6-12-4-2-3-5-15(12)19(8-11)9-14-7-13(10-21-14)16(20)18-17/h2-5,7,10-11H,6,8-9,17H2,1H3,(H,18,20). The largest absolute Gasteiger partial charge is 0.467 e. The third-order valence-electron chi connectivity index (χ3n) is 3.83. The summed E-state index contributed by atoms with van der Waals surface area (Å²) in [5.74, 6) is 6.15. The first-order valence-corrected chi connectivity index (χ1v) is 7.08. The van der Waals surface area contributed by atoms with Gasteiger partial charge in [-0.3, -0.25) is 10.2 Å². The lowest BCUT2D eigenvalue weighted by atomic mass is 9.94. The van der Waals surface area contributed by atoms with E-state index in [-0.39, 0.29) is 5.91 Å². The highest BCUT2D eigenvalue weighted by atomic mass is 16.3. The van der Waals surface area contributed by atoms with Crippen molar-refractivity contribution in [1.29, 1.82) is 0 Å². The van der Waals surface area contributed by atoms with Crippen LogP contribution in [-0.4, -0.2) is 12.5 Å². The number of rotatable bonds is 3. The molecule has 1 aliphatic heterocycles. The van der Waals surface area contributed by atoms with Crippen molar-refractivity contribution >= 4 is 11.6 Å². The van der Waals surface area contributed by atoms with Crippen LogP contribution in [0, 0.1) is 5.92 Å². The monoisotopic (exact) mass is 285 g/mol. The van der Waals surface area contributed by atoms with Gasteiger partial charge in [0.2, 0.25) is 0 Å². The van der Waals surface area contributed by atoms with Gasteiger partial charge < -0.3 is 9.32 Å². The summed E-state index contributed by atoms with van der Waals surface area (Å²) in [6, 6.07) is 10.2. The lowest BCUT2D eigenvalue weighted by Crippen LogP contribution is -2.33. The second-order valence-corrected chi connectivity index (χ2v) is 5.59. The normalized spacial score (nSPS) is 17.4. The smallest absolute Gasteiger partial charge is 0.268 e. The molecule has 1 amide bonds. The lowest BCUT2D eigenvalue weighted by Gasteiger charge is -2.34. The van der Waals surface area contributed by atoms with Crippen LogP contribution in [0.1, 0.15) is 28.6 Å². The van der Waals surface area contributed by atoms with Crippen LogP contribution in [0.3, 0.4) is 0 Å². The molecule has 3 N–H and O–H groups in total. The van der Waals surface area contributed by atoms with Crippen LogP contribution < -0.4 is 16.2 Å². The Kier molecular flexibility index (Phi) is 3.66. The predicted molar refractivity (Wildman–Crippen MR) is 80.7 cm³/mol. The van der Waals surface area contributed by atoms with E-state index in [4.69, 9.17) is 10.3 Å². The molecule has 1 aliphatic rings. The minimum atomic E-state index is -0.336. The van der Waals surface area contributed by atoms with E-state index in [0.29, 0.717) is 18.0 Å². The number of para-hydroxylation sites is 1. The number of benzene rings is 1. The number of carbonyl (C=O) groups is 1. The topological polar surface area (TPSA) is 71.5 Å². The number of nitrogen functional groups attached to an aromatic ring is 1. The molecule has 0 spiro atoms. The fraction of sp³-hybridized carbons (Fsp3) is 0.312. The van der Waals surface area contributed by atoms with Crippen molar-refractivity contribution in [2.75, 3.05) is 11.4 Å². The second kappa shape index (κ2) is 5.61. The molecule has 0 radical (unpaired) electrons. The highest BCUT2D eigenvalue weighted by molar-refractivity contribution is 5.93. The van der Waals surface area contributed by atoms with Gasteiger partial charge in [0.25, 0.3) is 5.91 Å². The average Bonchev–Trinajstić information content (AvgIpc) is 2.95. The van der Waals surface area contributed by atoms with Gasteiger partial charge in [0.15, 0.2) is 0 Å². The van der Waals surface area contributed by atoms with Crippen LogP contribution in [0.25, 0.3) is 0 Å². The Hall–Kier alpha value is -2.27. The van der Waals surface area contributed by atoms with Crippen molar-refractivity contribution in [2.45, 2.75) is 19.9 Å². The molecular weight excluding hydrogens is 266 g/mol. The number of hydrogen-bond acceptors (Lipinski definition) is 4. The third kappa shape index (κ3) is 2.78. The number of carbonyl (C=O) groups excluding carboxylic acids is 1. The number of nitrogens with two attached hydrogens (primary N) is 1. The second-order valence-electron chi connectivity index (χ2n) is 5.59. The Labute approximate surface area is 123 Å². The van der Waals surface area contributed by atoms with E-state index in [9.17, 15) is 4.79 Å². The van der Waals surface area contributed by atoms with Crippen molar-refractivity contribution in [3.05, 3.63) is 53.5 Å². The minimum absolute atomic E-state index is 0.336. The molecule has 1 unspecified atom stereocenters. The van der Waals surface area contributed by atoms with Gasteiger partial charge >= 0.3 is 0 Å². The molecule has 2 aromatic rings. The Morgan fingerprint density at radius 2 is 2.29 bits per heavy atom. The van der Waals surface area contributed by atoms with Gasteiger partial charge in [-0.25, -0.2) is 5.84 Å². The maximum Gasteiger partial charge on any atom is 0.268 e. The molecule has 0 bridgehead atoms. The first-order valence-electron chi connectivity index (χ1n) is 7.08. The summed E-state index contributed by atoms with van der Waals surface area (Å²) >= 11 is 0. The Balaban J connectivity index is 1.82. The van der Waals surface area contributed by atoms with Gasteiger partial charge in [0.05, 0.1) is 12.1 Å². The van der Waals surface area contributed by atoms with Crippen LogP contribution >= 0.6 is 0 Å². The Morgan fingerprint density at radius 3 is 3.10 bits per heavy atom. The fourth-order valence-electron chi connectivity index (χ4n) is 2.91. The maximum atomic E-state index is 11.5. The number of hydrogen-bond donors (Lipinski definition) is 2. The van der Waals surface area contributed by atoms with E-state index in [1.165, 1.54) is 17.5 Å². The molecular formula is C16H19N3O2. The quantitative estimate of drug-likeness (QED) is 0.514. The van der Waals surface area contributed by atoms with Crippen molar-refractivity contribution < 1.29 is 9.21 Å². The first kappa shape index (κ1) is 13.7. The first-order chi connectivity index (χ1) is 10.2. The van der Waals surface area contributed by atoms with E-state index in [1.807, 2.05) is 0 Å². The lowest BCUT2D eigenvalue weighted by molar-refractivity contribution is 0.0953. The number of nitrogens with one attached hydrogen (secondary N) is 1. The van der Waals surface area contributed by atoms with Crippen molar-refractivity contribution in [1.82, 2.24) is 5.43 Å². The summed E-state index contributed by atoms with van der Waals surface area (Å²) < 4.78 is 5.48. The molecule has 3 rings (SSSR count). The number of fused-ring (bicyclic) bond motifs is 1. The number of hydrazine groups is 1. The van der Waals surface area contributed by atoms with E-state index >= 15 is 0 Å². The number of amides is 1. The maximum absolute atomic E-state index is 11.5. The SMILES string of the molecule is CC1Cc2ccccc2N(Cc2cc(C(=O)NN)co2)C1. The van der Waals surface area contributed by atoms with Crippen LogP contribution in [0.2, 0.25) is 0 Å². The van der Waals surface area contributed by atoms with Crippen LogP contribution in [0.5, 0.6) is 0 Å². The van der Waals surface area contributed by atoms with Crippen molar-refractivity contribution in [3.8, 4) is 0 Å². The summed E-state index contributed by atoms with van der Waals surface area (Å²) in [6.07, 6.45) is 2.54. The van der Waals surface area contributed by atoms with E-state index in [2.05, 4.69) is 41.5 Å².